The van der Waals surface area contributed by atoms with Crippen molar-refractivity contribution in [2.45, 2.75) is 19.1 Å². The summed E-state index contributed by atoms with van der Waals surface area (Å²) >= 11 is 0. The Hall–Kier alpha value is -2.27. The number of ether oxygens (including phenoxy) is 1. The molecule has 5 nitrogen and oxygen atoms in total. The molecule has 1 atom stereocenters. The molecule has 108 valence electrons. The molecule has 1 fully saturated rings. The number of carbonyl (C=O) groups is 1. The summed E-state index contributed by atoms with van der Waals surface area (Å²) < 4.78 is 5.88. The summed E-state index contributed by atoms with van der Waals surface area (Å²) in [6.07, 6.45) is 5.55. The van der Waals surface area contributed by atoms with Crippen LogP contribution in [0.25, 0.3) is 0 Å². The van der Waals surface area contributed by atoms with Crippen molar-refractivity contribution in [3.05, 3.63) is 60.2 Å². The minimum absolute atomic E-state index is 0.0751. The second kappa shape index (κ2) is 6.45. The van der Waals surface area contributed by atoms with E-state index >= 15 is 0 Å². The van der Waals surface area contributed by atoms with Gasteiger partial charge in [0.05, 0.1) is 18.9 Å². The van der Waals surface area contributed by atoms with Crippen LogP contribution in [0.3, 0.4) is 0 Å². The van der Waals surface area contributed by atoms with Gasteiger partial charge >= 0.3 is 0 Å². The van der Waals surface area contributed by atoms with Gasteiger partial charge in [-0.3, -0.25) is 9.78 Å². The van der Waals surface area contributed by atoms with Crippen molar-refractivity contribution >= 4 is 5.91 Å². The molecule has 1 aliphatic rings. The molecule has 0 aliphatic carbocycles. The number of hydrogen-bond donors (Lipinski definition) is 0. The van der Waals surface area contributed by atoms with Crippen molar-refractivity contribution in [3.63, 3.8) is 0 Å². The Kier molecular flexibility index (Phi) is 4.21. The molecule has 0 spiro atoms. The third-order valence-corrected chi connectivity index (χ3v) is 3.54. The highest BCUT2D eigenvalue weighted by atomic mass is 16.5. The molecule has 3 rings (SSSR count). The summed E-state index contributed by atoms with van der Waals surface area (Å²) in [6, 6.07) is 10.1. The molecule has 2 heterocycles. The minimum atomic E-state index is -0.0751. The van der Waals surface area contributed by atoms with Crippen molar-refractivity contribution in [1.29, 1.82) is 0 Å². The van der Waals surface area contributed by atoms with Crippen LogP contribution in [0.15, 0.2) is 48.9 Å². The van der Waals surface area contributed by atoms with E-state index in [4.69, 9.17) is 4.74 Å². The van der Waals surface area contributed by atoms with E-state index in [9.17, 15) is 4.79 Å². The molecule has 1 aromatic carbocycles. The third-order valence-electron chi connectivity index (χ3n) is 3.54. The van der Waals surface area contributed by atoms with E-state index in [-0.39, 0.29) is 12.0 Å². The minimum Gasteiger partial charge on any atom is -0.372 e. The highest BCUT2D eigenvalue weighted by molar-refractivity contribution is 5.92. The number of aromatic nitrogens is 2. The smallest absolute Gasteiger partial charge is 0.274 e. The Bertz CT molecular complexity index is 589. The lowest BCUT2D eigenvalue weighted by Gasteiger charge is -2.16. The van der Waals surface area contributed by atoms with Crippen LogP contribution in [0, 0.1) is 0 Å². The first-order valence-electron chi connectivity index (χ1n) is 7.04. The predicted octanol–water partition coefficient (Wildman–Crippen LogP) is 1.91. The first kappa shape index (κ1) is 13.7. The maximum Gasteiger partial charge on any atom is 0.274 e. The topological polar surface area (TPSA) is 55.3 Å². The Morgan fingerprint density at radius 3 is 2.90 bits per heavy atom. The van der Waals surface area contributed by atoms with Gasteiger partial charge in [0.2, 0.25) is 0 Å². The molecule has 1 aliphatic heterocycles. The summed E-state index contributed by atoms with van der Waals surface area (Å²) in [5, 5.41) is 0. The van der Waals surface area contributed by atoms with Gasteiger partial charge in [0.15, 0.2) is 0 Å². The summed E-state index contributed by atoms with van der Waals surface area (Å²) in [7, 11) is 0. The number of amides is 1. The maximum atomic E-state index is 12.2. The SMILES string of the molecule is O=C(c1cnccn1)N1CCC(OCc2ccccc2)C1. The zero-order valence-corrected chi connectivity index (χ0v) is 11.7. The normalized spacial score (nSPS) is 17.9. The number of hydrogen-bond acceptors (Lipinski definition) is 4. The van der Waals surface area contributed by atoms with Gasteiger partial charge in [0, 0.05) is 25.5 Å². The fraction of sp³-hybridized carbons (Fsp3) is 0.312. The number of rotatable bonds is 4. The van der Waals surface area contributed by atoms with Crippen LogP contribution in [0.4, 0.5) is 0 Å². The van der Waals surface area contributed by atoms with Crippen LogP contribution in [-0.4, -0.2) is 40.0 Å². The zero-order chi connectivity index (χ0) is 14.5. The molecular weight excluding hydrogens is 266 g/mol. The molecule has 0 bridgehead atoms. The summed E-state index contributed by atoms with van der Waals surface area (Å²) in [5.74, 6) is -0.0751. The Balaban J connectivity index is 1.53. The summed E-state index contributed by atoms with van der Waals surface area (Å²) in [6.45, 7) is 1.90. The molecule has 0 saturated carbocycles. The second-order valence-corrected chi connectivity index (χ2v) is 5.05. The van der Waals surface area contributed by atoms with Gasteiger partial charge in [-0.15, -0.1) is 0 Å². The molecule has 5 heteroatoms. The number of carbonyl (C=O) groups excluding carboxylic acids is 1. The standard InChI is InChI=1S/C16H17N3O2/c20-16(15-10-17-7-8-18-15)19-9-6-14(11-19)21-12-13-4-2-1-3-5-13/h1-5,7-8,10,14H,6,9,11-12H2. The fourth-order valence-corrected chi connectivity index (χ4v) is 2.41. The highest BCUT2D eigenvalue weighted by Gasteiger charge is 2.28. The van der Waals surface area contributed by atoms with E-state index in [0.717, 1.165) is 12.0 Å². The van der Waals surface area contributed by atoms with Crippen molar-refractivity contribution < 1.29 is 9.53 Å². The summed E-state index contributed by atoms with van der Waals surface area (Å²) in [5.41, 5.74) is 1.54. The van der Waals surface area contributed by atoms with E-state index in [1.54, 1.807) is 11.1 Å². The van der Waals surface area contributed by atoms with Crippen molar-refractivity contribution in [1.82, 2.24) is 14.9 Å². The third kappa shape index (κ3) is 3.44. The lowest BCUT2D eigenvalue weighted by atomic mass is 10.2. The van der Waals surface area contributed by atoms with Crippen LogP contribution in [0.1, 0.15) is 22.5 Å². The van der Waals surface area contributed by atoms with Crippen LogP contribution in [-0.2, 0) is 11.3 Å². The van der Waals surface area contributed by atoms with E-state index in [0.29, 0.717) is 25.4 Å². The first-order chi connectivity index (χ1) is 10.3. The quantitative estimate of drug-likeness (QED) is 0.860. The number of nitrogens with zero attached hydrogens (tertiary/aromatic N) is 3. The van der Waals surface area contributed by atoms with Gasteiger partial charge in [0.1, 0.15) is 5.69 Å². The van der Waals surface area contributed by atoms with E-state index < -0.39 is 0 Å². The molecule has 1 unspecified atom stereocenters. The Morgan fingerprint density at radius 2 is 2.14 bits per heavy atom. The second-order valence-electron chi connectivity index (χ2n) is 5.05. The molecule has 2 aromatic rings. The average Bonchev–Trinajstić information content (AvgIpc) is 3.03. The molecular formula is C16H17N3O2. The zero-order valence-electron chi connectivity index (χ0n) is 11.7. The largest absolute Gasteiger partial charge is 0.372 e. The molecule has 0 N–H and O–H groups in total. The van der Waals surface area contributed by atoms with E-state index in [1.165, 1.54) is 12.4 Å². The van der Waals surface area contributed by atoms with Gasteiger partial charge in [-0.25, -0.2) is 4.98 Å². The van der Waals surface area contributed by atoms with Gasteiger partial charge in [-0.05, 0) is 12.0 Å². The van der Waals surface area contributed by atoms with Gasteiger partial charge in [-0.2, -0.15) is 0 Å². The molecule has 1 amide bonds. The summed E-state index contributed by atoms with van der Waals surface area (Å²) in [4.78, 5) is 22.0. The van der Waals surface area contributed by atoms with E-state index in [1.807, 2.05) is 30.3 Å². The van der Waals surface area contributed by atoms with Crippen LogP contribution >= 0.6 is 0 Å². The van der Waals surface area contributed by atoms with Crippen LogP contribution in [0.5, 0.6) is 0 Å². The number of likely N-dealkylation sites (tertiary alicyclic amines) is 1. The van der Waals surface area contributed by atoms with E-state index in [2.05, 4.69) is 9.97 Å². The van der Waals surface area contributed by atoms with Gasteiger partial charge < -0.3 is 9.64 Å². The Labute approximate surface area is 123 Å². The van der Waals surface area contributed by atoms with Gasteiger partial charge in [0.25, 0.3) is 5.91 Å². The van der Waals surface area contributed by atoms with Gasteiger partial charge in [-0.1, -0.05) is 30.3 Å². The molecule has 1 aromatic heterocycles. The predicted molar refractivity (Wildman–Crippen MR) is 77.6 cm³/mol. The lowest BCUT2D eigenvalue weighted by molar-refractivity contribution is 0.0436. The monoisotopic (exact) mass is 283 g/mol. The molecule has 0 radical (unpaired) electrons. The van der Waals surface area contributed by atoms with Crippen molar-refractivity contribution in [3.8, 4) is 0 Å². The molecule has 1 saturated heterocycles. The van der Waals surface area contributed by atoms with Crippen molar-refractivity contribution in [2.75, 3.05) is 13.1 Å². The van der Waals surface area contributed by atoms with Crippen LogP contribution < -0.4 is 0 Å². The fourth-order valence-electron chi connectivity index (χ4n) is 2.41. The highest BCUT2D eigenvalue weighted by Crippen LogP contribution is 2.16. The first-order valence-corrected chi connectivity index (χ1v) is 7.04. The lowest BCUT2D eigenvalue weighted by Crippen LogP contribution is -2.30. The number of benzene rings is 1. The molecule has 21 heavy (non-hydrogen) atoms. The Morgan fingerprint density at radius 1 is 1.29 bits per heavy atom. The van der Waals surface area contributed by atoms with Crippen LogP contribution in [0.2, 0.25) is 0 Å². The average molecular weight is 283 g/mol. The maximum absolute atomic E-state index is 12.2. The van der Waals surface area contributed by atoms with Crippen molar-refractivity contribution in [2.24, 2.45) is 0 Å².